The van der Waals surface area contributed by atoms with Gasteiger partial charge in [0.1, 0.15) is 0 Å². The summed E-state index contributed by atoms with van der Waals surface area (Å²) in [6.45, 7) is 5.11. The molecule has 0 aliphatic heterocycles. The Morgan fingerprint density at radius 3 is 2.74 bits per heavy atom. The maximum absolute atomic E-state index is 5.02. The summed E-state index contributed by atoms with van der Waals surface area (Å²) < 4.78 is 5.02. The molecule has 0 bridgehead atoms. The van der Waals surface area contributed by atoms with Gasteiger partial charge in [0.2, 0.25) is 5.89 Å². The van der Waals surface area contributed by atoms with Crippen molar-refractivity contribution in [2.45, 2.75) is 26.9 Å². The summed E-state index contributed by atoms with van der Waals surface area (Å²) in [5, 5.41) is 12.2. The van der Waals surface area contributed by atoms with Crippen LogP contribution in [0, 0.1) is 13.8 Å². The number of guanidine groups is 1. The van der Waals surface area contributed by atoms with Gasteiger partial charge in [-0.25, -0.2) is 0 Å². The van der Waals surface area contributed by atoms with Crippen molar-refractivity contribution in [3.05, 3.63) is 33.6 Å². The fraction of sp³-hybridized carbons (Fsp3) is 0.417. The number of aliphatic imine (C=N–C) groups is 1. The smallest absolute Gasteiger partial charge is 0.246 e. The predicted molar refractivity (Wildman–Crippen MR) is 75.1 cm³/mol. The van der Waals surface area contributed by atoms with Gasteiger partial charge in [-0.05, 0) is 30.9 Å². The van der Waals surface area contributed by atoms with Crippen molar-refractivity contribution in [3.8, 4) is 0 Å². The van der Waals surface area contributed by atoms with Crippen LogP contribution in [0.3, 0.4) is 0 Å². The molecule has 0 aliphatic carbocycles. The van der Waals surface area contributed by atoms with Gasteiger partial charge < -0.3 is 15.2 Å². The average molecular weight is 279 g/mol. The fourth-order valence-corrected chi connectivity index (χ4v) is 2.39. The molecule has 102 valence electrons. The van der Waals surface area contributed by atoms with Crippen molar-refractivity contribution in [2.75, 3.05) is 7.05 Å². The Bertz CT molecular complexity index is 560. The molecule has 0 aliphatic rings. The van der Waals surface area contributed by atoms with E-state index < -0.39 is 0 Å². The molecule has 2 heterocycles. The highest BCUT2D eigenvalue weighted by Crippen LogP contribution is 2.14. The number of hydrogen-bond acceptors (Lipinski definition) is 5. The van der Waals surface area contributed by atoms with Gasteiger partial charge in [-0.3, -0.25) is 4.99 Å². The Morgan fingerprint density at radius 1 is 1.37 bits per heavy atom. The van der Waals surface area contributed by atoms with Crippen molar-refractivity contribution in [2.24, 2.45) is 4.99 Å². The van der Waals surface area contributed by atoms with Crippen LogP contribution >= 0.6 is 11.3 Å². The second-order valence-electron chi connectivity index (χ2n) is 4.04. The van der Waals surface area contributed by atoms with Gasteiger partial charge in [-0.15, -0.1) is 11.3 Å². The van der Waals surface area contributed by atoms with Crippen LogP contribution in [0.25, 0.3) is 0 Å². The third kappa shape index (κ3) is 3.78. The van der Waals surface area contributed by atoms with Gasteiger partial charge in [-0.2, -0.15) is 4.98 Å². The topological polar surface area (TPSA) is 75.3 Å². The lowest BCUT2D eigenvalue weighted by atomic mass is 10.3. The SMILES string of the molecule is CN=C(NCc1nc(C)no1)NCc1sccc1C. The molecule has 0 unspecified atom stereocenters. The van der Waals surface area contributed by atoms with E-state index in [-0.39, 0.29) is 0 Å². The van der Waals surface area contributed by atoms with Crippen LogP contribution in [0.15, 0.2) is 21.0 Å². The molecule has 0 saturated heterocycles. The van der Waals surface area contributed by atoms with Gasteiger partial charge in [0.25, 0.3) is 0 Å². The van der Waals surface area contributed by atoms with Crippen LogP contribution in [0.1, 0.15) is 22.2 Å². The molecule has 2 rings (SSSR count). The van der Waals surface area contributed by atoms with Crippen molar-refractivity contribution in [1.82, 2.24) is 20.8 Å². The van der Waals surface area contributed by atoms with Gasteiger partial charge in [-0.1, -0.05) is 5.16 Å². The van der Waals surface area contributed by atoms with Crippen LogP contribution < -0.4 is 10.6 Å². The minimum absolute atomic E-state index is 0.462. The standard InChI is InChI=1S/C12H17N5OS/c1-8-4-5-19-10(8)6-14-12(13-3)15-7-11-16-9(2)17-18-11/h4-5H,6-7H2,1-3H3,(H2,13,14,15). The first-order chi connectivity index (χ1) is 9.19. The van der Waals surface area contributed by atoms with E-state index in [1.54, 1.807) is 25.3 Å². The monoisotopic (exact) mass is 279 g/mol. The van der Waals surface area contributed by atoms with Gasteiger partial charge in [0.15, 0.2) is 11.8 Å². The molecular weight excluding hydrogens is 262 g/mol. The van der Waals surface area contributed by atoms with Crippen LogP contribution in [-0.2, 0) is 13.1 Å². The molecule has 0 fully saturated rings. The molecule has 0 saturated carbocycles. The second kappa shape index (κ2) is 6.33. The summed E-state index contributed by atoms with van der Waals surface area (Å²) in [6, 6.07) is 2.11. The third-order valence-corrected chi connectivity index (χ3v) is 3.61. The minimum Gasteiger partial charge on any atom is -0.352 e. The highest BCUT2D eigenvalue weighted by atomic mass is 32.1. The van der Waals surface area contributed by atoms with E-state index >= 15 is 0 Å². The maximum Gasteiger partial charge on any atom is 0.246 e. The van der Waals surface area contributed by atoms with E-state index in [0.29, 0.717) is 24.2 Å². The lowest BCUT2D eigenvalue weighted by Crippen LogP contribution is -2.36. The Labute approximate surface area is 115 Å². The quantitative estimate of drug-likeness (QED) is 0.657. The van der Waals surface area contributed by atoms with Crippen molar-refractivity contribution >= 4 is 17.3 Å². The number of nitrogens with one attached hydrogen (secondary N) is 2. The largest absolute Gasteiger partial charge is 0.352 e. The van der Waals surface area contributed by atoms with E-state index in [1.165, 1.54) is 10.4 Å². The molecule has 0 atom stereocenters. The number of aromatic nitrogens is 2. The van der Waals surface area contributed by atoms with Crippen molar-refractivity contribution < 1.29 is 4.52 Å². The van der Waals surface area contributed by atoms with E-state index in [0.717, 1.165) is 6.54 Å². The molecule has 0 amide bonds. The fourth-order valence-electron chi connectivity index (χ4n) is 1.54. The number of hydrogen-bond donors (Lipinski definition) is 2. The van der Waals surface area contributed by atoms with Gasteiger partial charge in [0, 0.05) is 11.9 Å². The molecular formula is C12H17N5OS. The molecule has 2 aromatic rings. The summed E-state index contributed by atoms with van der Waals surface area (Å²) in [7, 11) is 1.73. The summed E-state index contributed by atoms with van der Waals surface area (Å²) in [5.74, 6) is 1.89. The first-order valence-electron chi connectivity index (χ1n) is 5.95. The van der Waals surface area contributed by atoms with E-state index in [1.807, 2.05) is 0 Å². The lowest BCUT2D eigenvalue weighted by Gasteiger charge is -2.09. The number of aryl methyl sites for hydroxylation is 2. The van der Waals surface area contributed by atoms with Gasteiger partial charge >= 0.3 is 0 Å². The van der Waals surface area contributed by atoms with Crippen LogP contribution in [0.2, 0.25) is 0 Å². The van der Waals surface area contributed by atoms with Crippen LogP contribution in [0.5, 0.6) is 0 Å². The number of nitrogens with zero attached hydrogens (tertiary/aromatic N) is 3. The summed E-state index contributed by atoms with van der Waals surface area (Å²) in [4.78, 5) is 9.57. The summed E-state index contributed by atoms with van der Waals surface area (Å²) >= 11 is 1.73. The zero-order chi connectivity index (χ0) is 13.7. The Balaban J connectivity index is 1.82. The van der Waals surface area contributed by atoms with E-state index in [4.69, 9.17) is 4.52 Å². The maximum atomic E-state index is 5.02. The summed E-state index contributed by atoms with van der Waals surface area (Å²) in [6.07, 6.45) is 0. The van der Waals surface area contributed by atoms with Crippen LogP contribution in [-0.4, -0.2) is 23.1 Å². The Kier molecular flexibility index (Phi) is 4.51. The number of thiophene rings is 1. The van der Waals surface area contributed by atoms with Crippen LogP contribution in [0.4, 0.5) is 0 Å². The zero-order valence-electron chi connectivity index (χ0n) is 11.2. The predicted octanol–water partition coefficient (Wildman–Crippen LogP) is 1.61. The minimum atomic E-state index is 0.462. The van der Waals surface area contributed by atoms with E-state index in [2.05, 4.69) is 44.1 Å². The molecule has 2 N–H and O–H groups in total. The molecule has 7 heteroatoms. The van der Waals surface area contributed by atoms with Crippen molar-refractivity contribution in [3.63, 3.8) is 0 Å². The lowest BCUT2D eigenvalue weighted by molar-refractivity contribution is 0.371. The molecule has 0 radical (unpaired) electrons. The third-order valence-electron chi connectivity index (χ3n) is 2.58. The highest BCUT2D eigenvalue weighted by Gasteiger charge is 2.05. The molecule has 6 nitrogen and oxygen atoms in total. The first-order valence-corrected chi connectivity index (χ1v) is 6.83. The van der Waals surface area contributed by atoms with Gasteiger partial charge in [0.05, 0.1) is 13.1 Å². The Morgan fingerprint density at radius 2 is 2.16 bits per heavy atom. The summed E-state index contributed by atoms with van der Waals surface area (Å²) in [5.41, 5.74) is 1.29. The molecule has 2 aromatic heterocycles. The zero-order valence-corrected chi connectivity index (χ0v) is 12.0. The molecule has 0 spiro atoms. The molecule has 19 heavy (non-hydrogen) atoms. The highest BCUT2D eigenvalue weighted by molar-refractivity contribution is 7.10. The average Bonchev–Trinajstić information content (AvgIpc) is 2.99. The van der Waals surface area contributed by atoms with Crippen molar-refractivity contribution in [1.29, 1.82) is 0 Å². The first kappa shape index (κ1) is 13.5. The Hall–Kier alpha value is -1.89. The molecule has 0 aromatic carbocycles. The van der Waals surface area contributed by atoms with E-state index in [9.17, 15) is 0 Å². The second-order valence-corrected chi connectivity index (χ2v) is 5.04. The normalized spacial score (nSPS) is 11.6. The number of rotatable bonds is 4.